The van der Waals surface area contributed by atoms with E-state index in [0.29, 0.717) is 19.3 Å². The first-order valence-electron chi connectivity index (χ1n) is 26.0. The molecule has 0 saturated heterocycles. The zero-order chi connectivity index (χ0) is 42.3. The number of rotatable bonds is 48. The first kappa shape index (κ1) is 56.4. The van der Waals surface area contributed by atoms with Crippen LogP contribution >= 0.6 is 0 Å². The van der Waals surface area contributed by atoms with Crippen molar-refractivity contribution in [2.75, 3.05) is 13.2 Å². The third kappa shape index (κ3) is 45.5. The monoisotopic (exact) mass is 821 g/mol. The summed E-state index contributed by atoms with van der Waals surface area (Å²) in [6.07, 6.45) is 51.0. The second-order valence-electron chi connectivity index (χ2n) is 17.8. The fourth-order valence-electron chi connectivity index (χ4n) is 7.92. The Morgan fingerprint density at radius 3 is 0.690 bits per heavy atom. The maximum Gasteiger partial charge on any atom is 0.306 e. The van der Waals surface area contributed by atoms with Gasteiger partial charge in [0.05, 0.1) is 0 Å². The summed E-state index contributed by atoms with van der Waals surface area (Å²) in [6.45, 7) is 6.65. The highest BCUT2D eigenvalue weighted by atomic mass is 16.6. The van der Waals surface area contributed by atoms with Crippen LogP contribution in [0.5, 0.6) is 0 Å². The van der Waals surface area contributed by atoms with Gasteiger partial charge in [0.25, 0.3) is 0 Å². The SMILES string of the molecule is CCCCCCCCCCCCCCCCCCCC(=O)O[C@@H](COC(=O)CCCCCCCCC)COC(=O)CCCCCCCCCCCCCCCCCC. The Bertz CT molecular complexity index is 859. The number of esters is 3. The zero-order valence-electron chi connectivity index (χ0n) is 39.3. The molecule has 0 aromatic carbocycles. The quantitative estimate of drug-likeness (QED) is 0.0346. The number of ether oxygens (including phenoxy) is 3. The molecule has 0 unspecified atom stereocenters. The molecule has 0 aliphatic rings. The molecule has 6 heteroatoms. The van der Waals surface area contributed by atoms with Gasteiger partial charge in [-0.15, -0.1) is 0 Å². The Labute approximate surface area is 361 Å². The minimum atomic E-state index is -0.758. The molecule has 0 aromatic heterocycles. The van der Waals surface area contributed by atoms with Crippen molar-refractivity contribution in [1.82, 2.24) is 0 Å². The molecule has 0 radical (unpaired) electrons. The van der Waals surface area contributed by atoms with E-state index < -0.39 is 6.10 Å². The molecule has 0 aliphatic heterocycles. The summed E-state index contributed by atoms with van der Waals surface area (Å²) < 4.78 is 16.7. The van der Waals surface area contributed by atoms with E-state index in [0.717, 1.165) is 57.8 Å². The fraction of sp³-hybridized carbons (Fsp3) is 0.942. The molecule has 6 nitrogen and oxygen atoms in total. The zero-order valence-corrected chi connectivity index (χ0v) is 39.3. The second kappa shape index (κ2) is 48.1. The van der Waals surface area contributed by atoms with Gasteiger partial charge in [-0.05, 0) is 19.3 Å². The maximum atomic E-state index is 12.8. The fourth-order valence-corrected chi connectivity index (χ4v) is 7.92. The highest BCUT2D eigenvalue weighted by Gasteiger charge is 2.19. The van der Waals surface area contributed by atoms with E-state index in [-0.39, 0.29) is 31.1 Å². The summed E-state index contributed by atoms with van der Waals surface area (Å²) in [5, 5.41) is 0. The molecular weight excluding hydrogens is 721 g/mol. The summed E-state index contributed by atoms with van der Waals surface area (Å²) in [7, 11) is 0. The first-order chi connectivity index (χ1) is 28.5. The van der Waals surface area contributed by atoms with Crippen LogP contribution in [-0.4, -0.2) is 37.2 Å². The van der Waals surface area contributed by atoms with Crippen molar-refractivity contribution in [2.45, 2.75) is 303 Å². The van der Waals surface area contributed by atoms with Crippen molar-refractivity contribution in [3.8, 4) is 0 Å². The van der Waals surface area contributed by atoms with Crippen LogP contribution in [0.3, 0.4) is 0 Å². The van der Waals surface area contributed by atoms with Crippen LogP contribution in [-0.2, 0) is 28.6 Å². The summed E-state index contributed by atoms with van der Waals surface area (Å²) in [5.41, 5.74) is 0. The van der Waals surface area contributed by atoms with Crippen LogP contribution in [0.4, 0.5) is 0 Å². The Morgan fingerprint density at radius 1 is 0.276 bits per heavy atom. The first-order valence-corrected chi connectivity index (χ1v) is 26.0. The van der Waals surface area contributed by atoms with Gasteiger partial charge in [0, 0.05) is 19.3 Å². The molecule has 0 bridgehead atoms. The molecule has 0 aromatic rings. The van der Waals surface area contributed by atoms with Crippen LogP contribution in [0, 0.1) is 0 Å². The van der Waals surface area contributed by atoms with Crippen LogP contribution in [0.1, 0.15) is 297 Å². The Hall–Kier alpha value is -1.59. The summed E-state index contributed by atoms with van der Waals surface area (Å²) in [6, 6.07) is 0. The lowest BCUT2D eigenvalue weighted by Crippen LogP contribution is -2.30. The minimum Gasteiger partial charge on any atom is -0.462 e. The predicted molar refractivity (Wildman–Crippen MR) is 247 cm³/mol. The smallest absolute Gasteiger partial charge is 0.306 e. The molecule has 0 saturated carbocycles. The van der Waals surface area contributed by atoms with Crippen molar-refractivity contribution >= 4 is 17.9 Å². The molecular formula is C52H100O6. The second-order valence-corrected chi connectivity index (χ2v) is 17.8. The molecule has 0 aliphatic carbocycles. The van der Waals surface area contributed by atoms with E-state index >= 15 is 0 Å². The van der Waals surface area contributed by atoms with Crippen LogP contribution < -0.4 is 0 Å². The van der Waals surface area contributed by atoms with Crippen molar-refractivity contribution in [1.29, 1.82) is 0 Å². The molecule has 0 rings (SSSR count). The average Bonchev–Trinajstić information content (AvgIpc) is 3.22. The summed E-state index contributed by atoms with van der Waals surface area (Å²) in [4.78, 5) is 37.8. The van der Waals surface area contributed by atoms with Gasteiger partial charge >= 0.3 is 17.9 Å². The summed E-state index contributed by atoms with van der Waals surface area (Å²) in [5.74, 6) is -0.848. The van der Waals surface area contributed by atoms with E-state index in [4.69, 9.17) is 14.2 Å². The summed E-state index contributed by atoms with van der Waals surface area (Å²) >= 11 is 0. The van der Waals surface area contributed by atoms with Gasteiger partial charge in [0.15, 0.2) is 6.10 Å². The lowest BCUT2D eigenvalue weighted by molar-refractivity contribution is -0.167. The van der Waals surface area contributed by atoms with E-state index in [1.54, 1.807) is 0 Å². The Morgan fingerprint density at radius 2 is 0.466 bits per heavy atom. The van der Waals surface area contributed by atoms with E-state index in [2.05, 4.69) is 20.8 Å². The van der Waals surface area contributed by atoms with Crippen molar-refractivity contribution in [3.63, 3.8) is 0 Å². The molecule has 0 fully saturated rings. The third-order valence-corrected chi connectivity index (χ3v) is 11.9. The van der Waals surface area contributed by atoms with Crippen molar-refractivity contribution in [3.05, 3.63) is 0 Å². The van der Waals surface area contributed by atoms with Gasteiger partial charge < -0.3 is 14.2 Å². The highest BCUT2D eigenvalue weighted by molar-refractivity contribution is 5.71. The topological polar surface area (TPSA) is 78.9 Å². The van der Waals surface area contributed by atoms with Gasteiger partial charge in [-0.1, -0.05) is 258 Å². The number of hydrogen-bond donors (Lipinski definition) is 0. The number of hydrogen-bond acceptors (Lipinski definition) is 6. The molecule has 0 spiro atoms. The van der Waals surface area contributed by atoms with E-state index in [9.17, 15) is 14.4 Å². The average molecular weight is 821 g/mol. The molecule has 0 heterocycles. The molecule has 344 valence electrons. The highest BCUT2D eigenvalue weighted by Crippen LogP contribution is 2.17. The van der Waals surface area contributed by atoms with E-state index in [1.165, 1.54) is 199 Å². The number of carbonyl (C=O) groups is 3. The molecule has 58 heavy (non-hydrogen) atoms. The largest absolute Gasteiger partial charge is 0.462 e. The Kier molecular flexibility index (Phi) is 46.8. The Balaban J connectivity index is 4.19. The lowest BCUT2D eigenvalue weighted by Gasteiger charge is -2.18. The lowest BCUT2D eigenvalue weighted by atomic mass is 10.0. The number of carbonyl (C=O) groups excluding carboxylic acids is 3. The normalized spacial score (nSPS) is 11.8. The van der Waals surface area contributed by atoms with Crippen LogP contribution in [0.2, 0.25) is 0 Å². The molecule has 1 atom stereocenters. The third-order valence-electron chi connectivity index (χ3n) is 11.9. The van der Waals surface area contributed by atoms with Gasteiger partial charge in [-0.25, -0.2) is 0 Å². The van der Waals surface area contributed by atoms with Gasteiger partial charge in [-0.3, -0.25) is 14.4 Å². The molecule has 0 N–H and O–H groups in total. The predicted octanol–water partition coefficient (Wildman–Crippen LogP) is 16.8. The van der Waals surface area contributed by atoms with Crippen LogP contribution in [0.15, 0.2) is 0 Å². The van der Waals surface area contributed by atoms with Crippen molar-refractivity contribution < 1.29 is 28.6 Å². The van der Waals surface area contributed by atoms with Gasteiger partial charge in [-0.2, -0.15) is 0 Å². The maximum absolute atomic E-state index is 12.8. The standard InChI is InChI=1S/C52H100O6/c1-4-7-10-13-16-18-20-22-24-26-28-30-32-34-37-40-43-46-52(55)58-49(47-56-50(53)44-41-38-35-15-12-9-6-3)48-57-51(54)45-42-39-36-33-31-29-27-25-23-21-19-17-14-11-8-5-2/h49H,4-48H2,1-3H3/t49-/m0/s1. The number of unbranched alkanes of at least 4 members (excludes halogenated alkanes) is 37. The van der Waals surface area contributed by atoms with Gasteiger partial charge in [0.1, 0.15) is 13.2 Å². The minimum absolute atomic E-state index is 0.0623. The molecule has 0 amide bonds. The van der Waals surface area contributed by atoms with Gasteiger partial charge in [0.2, 0.25) is 0 Å². The van der Waals surface area contributed by atoms with Crippen LogP contribution in [0.25, 0.3) is 0 Å². The van der Waals surface area contributed by atoms with Crippen molar-refractivity contribution in [2.24, 2.45) is 0 Å². The van der Waals surface area contributed by atoms with E-state index in [1.807, 2.05) is 0 Å².